The number of Topliss-reactive ketones (excluding diaryl/α,β-unsaturated/α-hetero) is 1. The summed E-state index contributed by atoms with van der Waals surface area (Å²) in [5, 5.41) is 0.431. The second kappa shape index (κ2) is 6.87. The van der Waals surface area contributed by atoms with Gasteiger partial charge in [0.2, 0.25) is 0 Å². The summed E-state index contributed by atoms with van der Waals surface area (Å²) in [5.74, 6) is 0.0673. The largest absolute Gasteiger partial charge is 0.379 e. The fourth-order valence-electron chi connectivity index (χ4n) is 2.86. The minimum Gasteiger partial charge on any atom is -0.379 e. The normalized spacial score (nSPS) is 17.1. The van der Waals surface area contributed by atoms with E-state index in [9.17, 15) is 9.18 Å². The molecule has 1 saturated heterocycles. The SMILES string of the molecule is CC(=O)c1cc(-c2cc(Cl)ccc2F)cnc1N(C)C1CCOC1. The maximum Gasteiger partial charge on any atom is 0.163 e. The molecule has 6 heteroatoms. The van der Waals surface area contributed by atoms with Crippen molar-refractivity contribution in [2.75, 3.05) is 25.2 Å². The molecular formula is C18H18ClFN2O2. The maximum atomic E-state index is 14.1. The van der Waals surface area contributed by atoms with Crippen LogP contribution in [0.25, 0.3) is 11.1 Å². The van der Waals surface area contributed by atoms with E-state index in [4.69, 9.17) is 16.3 Å². The molecule has 0 N–H and O–H groups in total. The van der Waals surface area contributed by atoms with Gasteiger partial charge in [-0.3, -0.25) is 4.79 Å². The number of hydrogen-bond donors (Lipinski definition) is 0. The molecule has 0 amide bonds. The quantitative estimate of drug-likeness (QED) is 0.784. The Kier molecular flexibility index (Phi) is 4.83. The van der Waals surface area contributed by atoms with E-state index in [-0.39, 0.29) is 11.8 Å². The zero-order chi connectivity index (χ0) is 17.3. The van der Waals surface area contributed by atoms with Crippen LogP contribution in [0.3, 0.4) is 0 Å². The molecule has 24 heavy (non-hydrogen) atoms. The molecule has 4 nitrogen and oxygen atoms in total. The Hall–Kier alpha value is -1.98. The summed E-state index contributed by atoms with van der Waals surface area (Å²) >= 11 is 5.96. The van der Waals surface area contributed by atoms with Gasteiger partial charge in [-0.25, -0.2) is 9.37 Å². The number of aromatic nitrogens is 1. The van der Waals surface area contributed by atoms with Gasteiger partial charge < -0.3 is 9.64 Å². The van der Waals surface area contributed by atoms with E-state index in [1.165, 1.54) is 25.1 Å². The molecule has 126 valence electrons. The number of carbonyl (C=O) groups is 1. The molecular weight excluding hydrogens is 331 g/mol. The number of ketones is 1. The van der Waals surface area contributed by atoms with Gasteiger partial charge in [0.15, 0.2) is 5.78 Å². The second-order valence-electron chi connectivity index (χ2n) is 5.90. The highest BCUT2D eigenvalue weighted by Gasteiger charge is 2.24. The summed E-state index contributed by atoms with van der Waals surface area (Å²) in [6.07, 6.45) is 2.46. The Morgan fingerprint density at radius 1 is 1.42 bits per heavy atom. The van der Waals surface area contributed by atoms with Gasteiger partial charge in [-0.2, -0.15) is 0 Å². The summed E-state index contributed by atoms with van der Waals surface area (Å²) < 4.78 is 19.5. The molecule has 2 heterocycles. The van der Waals surface area contributed by atoms with Crippen molar-refractivity contribution in [3.05, 3.63) is 46.9 Å². The second-order valence-corrected chi connectivity index (χ2v) is 6.34. The lowest BCUT2D eigenvalue weighted by Gasteiger charge is -2.26. The first-order chi connectivity index (χ1) is 11.5. The van der Waals surface area contributed by atoms with E-state index in [1.807, 2.05) is 11.9 Å². The lowest BCUT2D eigenvalue weighted by Crippen LogP contribution is -2.33. The number of rotatable bonds is 4. The molecule has 3 rings (SSSR count). The van der Waals surface area contributed by atoms with E-state index in [0.717, 1.165) is 6.42 Å². The molecule has 0 spiro atoms. The third-order valence-electron chi connectivity index (χ3n) is 4.27. The highest BCUT2D eigenvalue weighted by atomic mass is 35.5. The highest BCUT2D eigenvalue weighted by molar-refractivity contribution is 6.30. The third-order valence-corrected chi connectivity index (χ3v) is 4.51. The van der Waals surface area contributed by atoms with Crippen LogP contribution in [0.2, 0.25) is 5.02 Å². The smallest absolute Gasteiger partial charge is 0.163 e. The minimum atomic E-state index is -0.402. The first-order valence-electron chi connectivity index (χ1n) is 7.74. The van der Waals surface area contributed by atoms with E-state index in [0.29, 0.717) is 40.7 Å². The average Bonchev–Trinajstić information content (AvgIpc) is 3.10. The predicted octanol–water partition coefficient (Wildman–Crippen LogP) is 3.97. The Morgan fingerprint density at radius 2 is 2.21 bits per heavy atom. The lowest BCUT2D eigenvalue weighted by molar-refractivity contribution is 0.101. The summed E-state index contributed by atoms with van der Waals surface area (Å²) in [5.41, 5.74) is 1.32. The van der Waals surface area contributed by atoms with Gasteiger partial charge in [0.1, 0.15) is 11.6 Å². The van der Waals surface area contributed by atoms with Crippen molar-refractivity contribution in [3.8, 4) is 11.1 Å². The van der Waals surface area contributed by atoms with Crippen LogP contribution < -0.4 is 4.90 Å². The van der Waals surface area contributed by atoms with Crippen LogP contribution in [0.5, 0.6) is 0 Å². The van der Waals surface area contributed by atoms with Crippen LogP contribution in [0.4, 0.5) is 10.2 Å². The van der Waals surface area contributed by atoms with Gasteiger partial charge in [-0.1, -0.05) is 11.6 Å². The van der Waals surface area contributed by atoms with Crippen LogP contribution in [0.1, 0.15) is 23.7 Å². The Bertz CT molecular complexity index is 776. The molecule has 1 aromatic heterocycles. The monoisotopic (exact) mass is 348 g/mol. The van der Waals surface area contributed by atoms with Crippen molar-refractivity contribution >= 4 is 23.2 Å². The number of nitrogens with zero attached hydrogens (tertiary/aromatic N) is 2. The molecule has 2 aromatic rings. The zero-order valence-corrected chi connectivity index (χ0v) is 14.3. The molecule has 0 saturated carbocycles. The van der Waals surface area contributed by atoms with Crippen molar-refractivity contribution in [3.63, 3.8) is 0 Å². The molecule has 1 aliphatic heterocycles. The van der Waals surface area contributed by atoms with E-state index in [2.05, 4.69) is 4.98 Å². The Labute approximate surface area is 145 Å². The fraction of sp³-hybridized carbons (Fsp3) is 0.333. The standard InChI is InChI=1S/C18H18ClFN2O2/c1-11(23)15-7-12(16-8-13(19)3-4-17(16)20)9-21-18(15)22(2)14-5-6-24-10-14/h3-4,7-9,14H,5-6,10H2,1-2H3. The van der Waals surface area contributed by atoms with Crippen LogP contribution >= 0.6 is 11.6 Å². The van der Waals surface area contributed by atoms with Crippen LogP contribution in [0, 0.1) is 5.82 Å². The highest BCUT2D eigenvalue weighted by Crippen LogP contribution is 2.30. The molecule has 0 bridgehead atoms. The first kappa shape index (κ1) is 16.9. The van der Waals surface area contributed by atoms with Crippen molar-refractivity contribution in [1.82, 2.24) is 4.98 Å². The lowest BCUT2D eigenvalue weighted by atomic mass is 10.0. The van der Waals surface area contributed by atoms with Crippen LogP contribution in [0.15, 0.2) is 30.5 Å². The zero-order valence-electron chi connectivity index (χ0n) is 13.6. The minimum absolute atomic E-state index is 0.118. The number of ether oxygens (including phenoxy) is 1. The van der Waals surface area contributed by atoms with E-state index < -0.39 is 5.82 Å². The molecule has 1 unspecified atom stereocenters. The van der Waals surface area contributed by atoms with Gasteiger partial charge in [-0.05, 0) is 37.6 Å². The predicted molar refractivity (Wildman–Crippen MR) is 92.3 cm³/mol. The number of hydrogen-bond acceptors (Lipinski definition) is 4. The van der Waals surface area contributed by atoms with Crippen molar-refractivity contribution in [2.45, 2.75) is 19.4 Å². The van der Waals surface area contributed by atoms with Crippen LogP contribution in [-0.4, -0.2) is 37.1 Å². The van der Waals surface area contributed by atoms with Gasteiger partial charge in [-0.15, -0.1) is 0 Å². The molecule has 1 fully saturated rings. The third kappa shape index (κ3) is 3.28. The number of likely N-dealkylation sites (N-methyl/N-ethyl adjacent to an activating group) is 1. The number of carbonyl (C=O) groups excluding carboxylic acids is 1. The topological polar surface area (TPSA) is 42.4 Å². The van der Waals surface area contributed by atoms with Crippen LogP contribution in [-0.2, 0) is 4.74 Å². The van der Waals surface area contributed by atoms with Gasteiger partial charge in [0.05, 0.1) is 18.2 Å². The Balaban J connectivity index is 2.04. The van der Waals surface area contributed by atoms with Crippen molar-refractivity contribution < 1.29 is 13.9 Å². The molecule has 1 atom stereocenters. The number of halogens is 2. The molecule has 0 aliphatic carbocycles. The van der Waals surface area contributed by atoms with Gasteiger partial charge >= 0.3 is 0 Å². The fourth-order valence-corrected chi connectivity index (χ4v) is 3.04. The van der Waals surface area contributed by atoms with E-state index in [1.54, 1.807) is 12.3 Å². The molecule has 1 aliphatic rings. The Morgan fingerprint density at radius 3 is 2.88 bits per heavy atom. The summed E-state index contributed by atoms with van der Waals surface area (Å²) in [6.45, 7) is 2.80. The summed E-state index contributed by atoms with van der Waals surface area (Å²) in [4.78, 5) is 18.5. The van der Waals surface area contributed by atoms with Crippen molar-refractivity contribution in [2.24, 2.45) is 0 Å². The molecule has 0 radical (unpaired) electrons. The summed E-state index contributed by atoms with van der Waals surface area (Å²) in [6, 6.07) is 6.19. The number of pyridine rings is 1. The maximum absolute atomic E-state index is 14.1. The number of benzene rings is 1. The van der Waals surface area contributed by atoms with Crippen molar-refractivity contribution in [1.29, 1.82) is 0 Å². The first-order valence-corrected chi connectivity index (χ1v) is 8.12. The summed E-state index contributed by atoms with van der Waals surface area (Å²) in [7, 11) is 1.90. The van der Waals surface area contributed by atoms with Gasteiger partial charge in [0, 0.05) is 36.0 Å². The molecule has 1 aromatic carbocycles. The average molecular weight is 349 g/mol. The number of anilines is 1. The van der Waals surface area contributed by atoms with Gasteiger partial charge in [0.25, 0.3) is 0 Å². The van der Waals surface area contributed by atoms with E-state index >= 15 is 0 Å².